The van der Waals surface area contributed by atoms with Crippen molar-refractivity contribution in [3.8, 4) is 0 Å². The SMILES string of the molecule is Cc1noc(C)c1S(=O)(=O)N1CCN(CC(=O)N(C)c2ccccc2)CC1. The number of benzene rings is 1. The van der Waals surface area contributed by atoms with E-state index in [1.165, 1.54) is 4.31 Å². The number of para-hydroxylation sites is 1. The van der Waals surface area contributed by atoms with Crippen LogP contribution < -0.4 is 4.90 Å². The molecule has 0 N–H and O–H groups in total. The maximum Gasteiger partial charge on any atom is 0.248 e. The van der Waals surface area contributed by atoms with Gasteiger partial charge in [-0.1, -0.05) is 23.4 Å². The maximum absolute atomic E-state index is 12.8. The van der Waals surface area contributed by atoms with E-state index in [1.807, 2.05) is 35.2 Å². The van der Waals surface area contributed by atoms with Gasteiger partial charge in [-0.25, -0.2) is 8.42 Å². The van der Waals surface area contributed by atoms with E-state index in [2.05, 4.69) is 5.16 Å². The number of piperazine rings is 1. The Hall–Kier alpha value is -2.23. The Bertz CT molecular complexity index is 883. The summed E-state index contributed by atoms with van der Waals surface area (Å²) in [6.07, 6.45) is 0. The molecule has 146 valence electrons. The second-order valence-corrected chi connectivity index (χ2v) is 8.50. The Kier molecular flexibility index (Phi) is 5.64. The average Bonchev–Trinajstić information content (AvgIpc) is 3.01. The van der Waals surface area contributed by atoms with Crippen molar-refractivity contribution < 1.29 is 17.7 Å². The van der Waals surface area contributed by atoms with E-state index in [-0.39, 0.29) is 17.3 Å². The summed E-state index contributed by atoms with van der Waals surface area (Å²) in [6, 6.07) is 9.44. The molecule has 9 heteroatoms. The highest BCUT2D eigenvalue weighted by Crippen LogP contribution is 2.24. The largest absolute Gasteiger partial charge is 0.360 e. The first-order valence-electron chi connectivity index (χ1n) is 8.77. The summed E-state index contributed by atoms with van der Waals surface area (Å²) in [5.41, 5.74) is 1.21. The molecule has 1 saturated heterocycles. The number of rotatable bonds is 5. The lowest BCUT2D eigenvalue weighted by atomic mass is 10.3. The van der Waals surface area contributed by atoms with E-state index in [4.69, 9.17) is 4.52 Å². The molecule has 2 heterocycles. The molecule has 3 rings (SSSR count). The third kappa shape index (κ3) is 4.05. The zero-order valence-electron chi connectivity index (χ0n) is 15.8. The zero-order valence-corrected chi connectivity index (χ0v) is 16.6. The third-order valence-electron chi connectivity index (χ3n) is 4.77. The molecule has 8 nitrogen and oxygen atoms in total. The van der Waals surface area contributed by atoms with Crippen LogP contribution in [0.4, 0.5) is 5.69 Å². The first-order valence-corrected chi connectivity index (χ1v) is 10.2. The van der Waals surface area contributed by atoms with Gasteiger partial charge in [0.05, 0.1) is 6.54 Å². The summed E-state index contributed by atoms with van der Waals surface area (Å²) in [5.74, 6) is 0.276. The van der Waals surface area contributed by atoms with Gasteiger partial charge in [-0.2, -0.15) is 4.31 Å². The number of hydrogen-bond acceptors (Lipinski definition) is 6. The van der Waals surface area contributed by atoms with Crippen molar-refractivity contribution in [1.82, 2.24) is 14.4 Å². The molecule has 0 unspecified atom stereocenters. The van der Waals surface area contributed by atoms with Gasteiger partial charge in [0.1, 0.15) is 10.6 Å². The van der Waals surface area contributed by atoms with Crippen LogP contribution in [0, 0.1) is 13.8 Å². The number of amides is 1. The number of nitrogens with zero attached hydrogens (tertiary/aromatic N) is 4. The Labute approximate surface area is 159 Å². The lowest BCUT2D eigenvalue weighted by Gasteiger charge is -2.34. The lowest BCUT2D eigenvalue weighted by molar-refractivity contribution is -0.119. The summed E-state index contributed by atoms with van der Waals surface area (Å²) in [4.78, 5) is 16.2. The van der Waals surface area contributed by atoms with Crippen molar-refractivity contribution >= 4 is 21.6 Å². The van der Waals surface area contributed by atoms with Gasteiger partial charge in [-0.05, 0) is 26.0 Å². The smallest absolute Gasteiger partial charge is 0.248 e. The maximum atomic E-state index is 12.8. The van der Waals surface area contributed by atoms with Gasteiger partial charge < -0.3 is 9.42 Å². The molecule has 0 aliphatic carbocycles. The predicted octanol–water partition coefficient (Wildman–Crippen LogP) is 1.26. The van der Waals surface area contributed by atoms with Gasteiger partial charge in [0.15, 0.2) is 5.76 Å². The summed E-state index contributed by atoms with van der Waals surface area (Å²) >= 11 is 0. The van der Waals surface area contributed by atoms with Gasteiger partial charge in [0, 0.05) is 38.9 Å². The minimum Gasteiger partial charge on any atom is -0.360 e. The van der Waals surface area contributed by atoms with Crippen molar-refractivity contribution in [2.24, 2.45) is 0 Å². The van der Waals surface area contributed by atoms with E-state index in [9.17, 15) is 13.2 Å². The minimum absolute atomic E-state index is 0.0248. The molecular weight excluding hydrogens is 368 g/mol. The monoisotopic (exact) mass is 392 g/mol. The second kappa shape index (κ2) is 7.79. The van der Waals surface area contributed by atoms with Crippen molar-refractivity contribution in [1.29, 1.82) is 0 Å². The molecule has 2 aromatic rings. The third-order valence-corrected chi connectivity index (χ3v) is 6.92. The molecule has 1 fully saturated rings. The predicted molar refractivity (Wildman–Crippen MR) is 101 cm³/mol. The number of carbonyl (C=O) groups excluding carboxylic acids is 1. The van der Waals surface area contributed by atoms with Crippen molar-refractivity contribution in [2.75, 3.05) is 44.7 Å². The van der Waals surface area contributed by atoms with E-state index >= 15 is 0 Å². The van der Waals surface area contributed by atoms with Gasteiger partial charge in [-0.3, -0.25) is 9.69 Å². The van der Waals surface area contributed by atoms with Crippen molar-refractivity contribution in [3.63, 3.8) is 0 Å². The molecule has 0 spiro atoms. The van der Waals surface area contributed by atoms with Crippen molar-refractivity contribution in [2.45, 2.75) is 18.7 Å². The first-order chi connectivity index (χ1) is 12.8. The number of likely N-dealkylation sites (N-methyl/N-ethyl adjacent to an activating group) is 1. The van der Waals surface area contributed by atoms with Crippen LogP contribution in [-0.4, -0.2) is 68.5 Å². The Morgan fingerprint density at radius 2 is 1.78 bits per heavy atom. The van der Waals surface area contributed by atoms with Crippen LogP contribution in [0.25, 0.3) is 0 Å². The standard InChI is InChI=1S/C18H24N4O4S/c1-14-18(15(2)26-19-14)27(24,25)22-11-9-21(10-12-22)13-17(23)20(3)16-7-5-4-6-8-16/h4-8H,9-13H2,1-3H3. The zero-order chi connectivity index (χ0) is 19.6. The van der Waals surface area contributed by atoms with Crippen LogP contribution >= 0.6 is 0 Å². The molecule has 1 aromatic heterocycles. The lowest BCUT2D eigenvalue weighted by Crippen LogP contribution is -2.51. The van der Waals surface area contributed by atoms with Crippen molar-refractivity contribution in [3.05, 3.63) is 41.8 Å². The summed E-state index contributed by atoms with van der Waals surface area (Å²) < 4.78 is 32.1. The number of aromatic nitrogens is 1. The second-order valence-electron chi connectivity index (χ2n) is 6.62. The molecule has 27 heavy (non-hydrogen) atoms. The Morgan fingerprint density at radius 3 is 2.33 bits per heavy atom. The summed E-state index contributed by atoms with van der Waals surface area (Å²) in [7, 11) is -1.89. The normalized spacial score (nSPS) is 16.4. The number of anilines is 1. The van der Waals surface area contributed by atoms with Crippen LogP contribution in [0.3, 0.4) is 0 Å². The molecule has 0 atom stereocenters. The fourth-order valence-corrected chi connectivity index (χ4v) is 4.91. The topological polar surface area (TPSA) is 87.0 Å². The van der Waals surface area contributed by atoms with Crippen LogP contribution in [0.2, 0.25) is 0 Å². The molecule has 0 radical (unpaired) electrons. The van der Waals surface area contributed by atoms with Gasteiger partial charge in [0.25, 0.3) is 0 Å². The minimum atomic E-state index is -3.64. The summed E-state index contributed by atoms with van der Waals surface area (Å²) in [6.45, 7) is 5.13. The number of hydrogen-bond donors (Lipinski definition) is 0. The van der Waals surface area contributed by atoms with E-state index < -0.39 is 10.0 Å². The molecule has 0 saturated carbocycles. The number of sulfonamides is 1. The highest BCUT2D eigenvalue weighted by atomic mass is 32.2. The number of aryl methyl sites for hydroxylation is 2. The fourth-order valence-electron chi connectivity index (χ4n) is 3.19. The number of carbonyl (C=O) groups is 1. The van der Waals surface area contributed by atoms with Crippen LogP contribution in [0.15, 0.2) is 39.8 Å². The fraction of sp³-hybridized carbons (Fsp3) is 0.444. The van der Waals surface area contributed by atoms with Crippen LogP contribution in [0.5, 0.6) is 0 Å². The molecule has 0 bridgehead atoms. The Morgan fingerprint density at radius 1 is 1.15 bits per heavy atom. The van der Waals surface area contributed by atoms with Gasteiger partial charge in [-0.15, -0.1) is 0 Å². The van der Waals surface area contributed by atoms with E-state index in [0.29, 0.717) is 37.6 Å². The van der Waals surface area contributed by atoms with Gasteiger partial charge in [0.2, 0.25) is 15.9 Å². The quantitative estimate of drug-likeness (QED) is 0.761. The molecule has 1 amide bonds. The molecular formula is C18H24N4O4S. The molecule has 1 aliphatic heterocycles. The summed E-state index contributed by atoms with van der Waals surface area (Å²) in [5, 5.41) is 3.74. The van der Waals surface area contributed by atoms with E-state index in [0.717, 1.165) is 5.69 Å². The first kappa shape index (κ1) is 19.5. The molecule has 1 aliphatic rings. The highest BCUT2D eigenvalue weighted by Gasteiger charge is 2.33. The molecule has 1 aromatic carbocycles. The van der Waals surface area contributed by atoms with E-state index in [1.54, 1.807) is 25.8 Å². The van der Waals surface area contributed by atoms with Crippen LogP contribution in [-0.2, 0) is 14.8 Å². The Balaban J connectivity index is 1.60. The highest BCUT2D eigenvalue weighted by molar-refractivity contribution is 7.89. The van der Waals surface area contributed by atoms with Gasteiger partial charge >= 0.3 is 0 Å². The average molecular weight is 392 g/mol. The van der Waals surface area contributed by atoms with Crippen LogP contribution in [0.1, 0.15) is 11.5 Å².